The lowest BCUT2D eigenvalue weighted by atomic mass is 9.98. The molecule has 4 heterocycles. The van der Waals surface area contributed by atoms with Gasteiger partial charge in [0.15, 0.2) is 5.65 Å². The molecule has 0 amide bonds. The summed E-state index contributed by atoms with van der Waals surface area (Å²) in [5.41, 5.74) is 3.52. The Morgan fingerprint density at radius 3 is 2.39 bits per heavy atom. The number of anilines is 1. The maximum Gasteiger partial charge on any atom is 0.308 e. The van der Waals surface area contributed by atoms with Gasteiger partial charge >= 0.3 is 5.97 Å². The van der Waals surface area contributed by atoms with Gasteiger partial charge in [-0.05, 0) is 43.3 Å². The number of carbonyl (C=O) groups excluding carboxylic acids is 2. The van der Waals surface area contributed by atoms with Crippen LogP contribution in [-0.4, -0.2) is 57.8 Å². The van der Waals surface area contributed by atoms with Crippen LogP contribution >= 0.6 is 0 Å². The number of fused-ring (bicyclic) bond motifs is 5. The number of hydrogen-bond donors (Lipinski definition) is 2. The zero-order valence-corrected chi connectivity index (χ0v) is 21.3. The van der Waals surface area contributed by atoms with Gasteiger partial charge < -0.3 is 19.9 Å². The molecule has 0 aliphatic carbocycles. The second-order valence-corrected chi connectivity index (χ2v) is 9.46. The van der Waals surface area contributed by atoms with E-state index in [-0.39, 0.29) is 11.5 Å². The van der Waals surface area contributed by atoms with Crippen molar-refractivity contribution in [2.75, 3.05) is 31.1 Å². The van der Waals surface area contributed by atoms with Crippen LogP contribution in [0.3, 0.4) is 0 Å². The first-order valence-electron chi connectivity index (χ1n) is 12.5. The standard InChI is InChI=1S/C28H26N6O4/c1-15-23-24-21-9-6-19(33-12-10-29-11-13-33)14-22(21)30-28(37)25(24)26(31-27(23)34(32-15)16(2)35)18-4-7-20(8-5-18)38-17(3)36/h4-9,14,29H,10-13H2,1-3H3,(H,30,37). The van der Waals surface area contributed by atoms with Gasteiger partial charge in [-0.1, -0.05) is 6.07 Å². The quantitative estimate of drug-likeness (QED) is 0.215. The lowest BCUT2D eigenvalue weighted by Gasteiger charge is -2.29. The monoisotopic (exact) mass is 510 g/mol. The van der Waals surface area contributed by atoms with E-state index in [0.717, 1.165) is 37.3 Å². The van der Waals surface area contributed by atoms with Crippen LogP contribution in [0.1, 0.15) is 24.3 Å². The predicted octanol–water partition coefficient (Wildman–Crippen LogP) is 3.40. The molecular formula is C28H26N6O4. The lowest BCUT2D eigenvalue weighted by Crippen LogP contribution is -2.43. The first kappa shape index (κ1) is 23.8. The summed E-state index contributed by atoms with van der Waals surface area (Å²) in [4.78, 5) is 47.7. The van der Waals surface area contributed by atoms with E-state index in [1.165, 1.54) is 18.5 Å². The van der Waals surface area contributed by atoms with Gasteiger partial charge in [0.1, 0.15) is 5.75 Å². The van der Waals surface area contributed by atoms with Crippen molar-refractivity contribution in [3.63, 3.8) is 0 Å². The zero-order valence-electron chi connectivity index (χ0n) is 21.3. The minimum absolute atomic E-state index is 0.277. The van der Waals surface area contributed by atoms with E-state index in [1.54, 1.807) is 24.3 Å². The Morgan fingerprint density at radius 1 is 0.974 bits per heavy atom. The number of aromatic nitrogens is 4. The summed E-state index contributed by atoms with van der Waals surface area (Å²) in [6, 6.07) is 12.9. The highest BCUT2D eigenvalue weighted by molar-refractivity contribution is 6.22. The molecule has 1 saturated heterocycles. The number of hydrogen-bond acceptors (Lipinski definition) is 8. The Morgan fingerprint density at radius 2 is 1.71 bits per heavy atom. The molecule has 0 unspecified atom stereocenters. The molecule has 192 valence electrons. The van der Waals surface area contributed by atoms with E-state index in [9.17, 15) is 14.4 Å². The number of nitrogens with one attached hydrogen (secondary N) is 2. The van der Waals surface area contributed by atoms with Crippen molar-refractivity contribution in [3.05, 3.63) is 58.5 Å². The number of nitrogens with zero attached hydrogens (tertiary/aromatic N) is 4. The number of benzene rings is 2. The molecular weight excluding hydrogens is 484 g/mol. The van der Waals surface area contributed by atoms with Crippen LogP contribution in [0.2, 0.25) is 0 Å². The van der Waals surface area contributed by atoms with E-state index in [0.29, 0.717) is 50.0 Å². The van der Waals surface area contributed by atoms with Gasteiger partial charge in [-0.25, -0.2) is 4.98 Å². The number of piperazine rings is 1. The van der Waals surface area contributed by atoms with E-state index in [2.05, 4.69) is 26.4 Å². The number of pyridine rings is 2. The van der Waals surface area contributed by atoms with E-state index in [1.807, 2.05) is 19.1 Å². The molecule has 10 nitrogen and oxygen atoms in total. The normalized spacial score (nSPS) is 13.9. The molecule has 10 heteroatoms. The summed E-state index contributed by atoms with van der Waals surface area (Å²) in [5, 5.41) is 10.4. The van der Waals surface area contributed by atoms with Crippen LogP contribution in [0, 0.1) is 6.92 Å². The second-order valence-electron chi connectivity index (χ2n) is 9.46. The van der Waals surface area contributed by atoms with Gasteiger partial charge in [0, 0.05) is 62.0 Å². The van der Waals surface area contributed by atoms with Crippen molar-refractivity contribution < 1.29 is 14.3 Å². The van der Waals surface area contributed by atoms with Gasteiger partial charge in [0.05, 0.1) is 27.7 Å². The van der Waals surface area contributed by atoms with Crippen molar-refractivity contribution in [2.24, 2.45) is 0 Å². The smallest absolute Gasteiger partial charge is 0.308 e. The number of aromatic amines is 1. The van der Waals surface area contributed by atoms with Crippen LogP contribution in [0.15, 0.2) is 47.3 Å². The summed E-state index contributed by atoms with van der Waals surface area (Å²) < 4.78 is 6.45. The molecule has 3 aromatic heterocycles. The lowest BCUT2D eigenvalue weighted by molar-refractivity contribution is -0.131. The van der Waals surface area contributed by atoms with Crippen molar-refractivity contribution in [1.82, 2.24) is 25.1 Å². The number of ether oxygens (including phenoxy) is 1. The molecule has 1 aliphatic heterocycles. The van der Waals surface area contributed by atoms with Crippen molar-refractivity contribution in [2.45, 2.75) is 20.8 Å². The molecule has 2 N–H and O–H groups in total. The maximum absolute atomic E-state index is 13.7. The van der Waals surface area contributed by atoms with E-state index >= 15 is 0 Å². The Kier molecular flexibility index (Phi) is 5.68. The van der Waals surface area contributed by atoms with Crippen molar-refractivity contribution in [3.8, 4) is 17.0 Å². The molecule has 5 aromatic rings. The highest BCUT2D eigenvalue weighted by atomic mass is 16.5. The zero-order chi connectivity index (χ0) is 26.6. The molecule has 1 fully saturated rings. The van der Waals surface area contributed by atoms with Gasteiger partial charge in [-0.15, -0.1) is 0 Å². The topological polar surface area (TPSA) is 122 Å². The number of carbonyl (C=O) groups is 2. The summed E-state index contributed by atoms with van der Waals surface area (Å²) in [7, 11) is 0. The molecule has 38 heavy (non-hydrogen) atoms. The third-order valence-electron chi connectivity index (χ3n) is 6.91. The minimum Gasteiger partial charge on any atom is -0.427 e. The van der Waals surface area contributed by atoms with Gasteiger partial charge in [0.25, 0.3) is 5.56 Å². The van der Waals surface area contributed by atoms with Crippen molar-refractivity contribution in [1.29, 1.82) is 0 Å². The SMILES string of the molecule is CC(=O)Oc1ccc(-c2nc3c(c(C)nn3C(C)=O)c3c2c(=O)[nH]c2cc(N4CCNCC4)ccc23)cc1. The Balaban J connectivity index is 1.67. The Labute approximate surface area is 217 Å². The fraction of sp³-hybridized carbons (Fsp3) is 0.250. The van der Waals surface area contributed by atoms with Gasteiger partial charge in [-0.2, -0.15) is 9.78 Å². The highest BCUT2D eigenvalue weighted by Crippen LogP contribution is 2.37. The first-order chi connectivity index (χ1) is 18.3. The maximum atomic E-state index is 13.7. The fourth-order valence-electron chi connectivity index (χ4n) is 5.24. The van der Waals surface area contributed by atoms with Crippen LogP contribution in [0.4, 0.5) is 5.69 Å². The molecule has 0 radical (unpaired) electrons. The van der Waals surface area contributed by atoms with Gasteiger partial charge in [-0.3, -0.25) is 14.4 Å². The third-order valence-corrected chi connectivity index (χ3v) is 6.91. The Bertz CT molecular complexity index is 1810. The molecule has 0 atom stereocenters. The van der Waals surface area contributed by atoms with Gasteiger partial charge in [0.2, 0.25) is 5.91 Å². The number of rotatable bonds is 3. The molecule has 1 aliphatic rings. The van der Waals surface area contributed by atoms with Crippen molar-refractivity contribution >= 4 is 50.3 Å². The fourth-order valence-corrected chi connectivity index (χ4v) is 5.24. The van der Waals surface area contributed by atoms with Crippen LogP contribution in [0.5, 0.6) is 5.75 Å². The number of aryl methyl sites for hydroxylation is 1. The number of esters is 1. The molecule has 0 saturated carbocycles. The molecule has 0 bridgehead atoms. The molecule has 0 spiro atoms. The summed E-state index contributed by atoms with van der Waals surface area (Å²) in [5.74, 6) is -0.316. The number of H-pyrrole nitrogens is 1. The highest BCUT2D eigenvalue weighted by Gasteiger charge is 2.23. The predicted molar refractivity (Wildman–Crippen MR) is 146 cm³/mol. The Hall–Kier alpha value is -4.57. The summed E-state index contributed by atoms with van der Waals surface area (Å²) in [6.45, 7) is 8.16. The van der Waals surface area contributed by atoms with Crippen LogP contribution in [-0.2, 0) is 4.79 Å². The largest absolute Gasteiger partial charge is 0.427 e. The molecule has 6 rings (SSSR count). The average Bonchev–Trinajstić information content (AvgIpc) is 3.25. The average molecular weight is 511 g/mol. The third kappa shape index (κ3) is 3.90. The summed E-state index contributed by atoms with van der Waals surface area (Å²) in [6.07, 6.45) is 0. The van der Waals surface area contributed by atoms with Crippen LogP contribution in [0.25, 0.3) is 44.0 Å². The summed E-state index contributed by atoms with van der Waals surface area (Å²) >= 11 is 0. The first-order valence-corrected chi connectivity index (χ1v) is 12.5. The molecule has 2 aromatic carbocycles. The minimum atomic E-state index is -0.424. The van der Waals surface area contributed by atoms with Crippen LogP contribution < -0.4 is 20.5 Å². The second kappa shape index (κ2) is 9.07. The van der Waals surface area contributed by atoms with E-state index < -0.39 is 5.97 Å². The van der Waals surface area contributed by atoms with E-state index in [4.69, 9.17) is 9.72 Å².